The molecule has 2 aromatic carbocycles. The third-order valence-corrected chi connectivity index (χ3v) is 4.65. The number of amides is 1. The standard InChI is InChI=1S/C17H12Cl2FN3O/c18-10-6-4-9(5-7-10)16-14-15(22-8-21-14)17(24)23(16)12-3-1-2-11(19)13(12)20/h1-7,15,21-22H,8H2. The van der Waals surface area contributed by atoms with Gasteiger partial charge in [0.2, 0.25) is 0 Å². The third kappa shape index (κ3) is 2.28. The van der Waals surface area contributed by atoms with Crippen molar-refractivity contribution in [2.75, 3.05) is 11.6 Å². The molecule has 1 amide bonds. The Hall–Kier alpha value is -2.08. The zero-order valence-corrected chi connectivity index (χ0v) is 13.8. The Morgan fingerprint density at radius 2 is 1.88 bits per heavy atom. The molecule has 1 atom stereocenters. The van der Waals surface area contributed by atoms with Crippen molar-refractivity contribution in [1.29, 1.82) is 0 Å². The smallest absolute Gasteiger partial charge is 0.255 e. The quantitative estimate of drug-likeness (QED) is 0.859. The number of nitrogens with zero attached hydrogens (tertiary/aromatic N) is 1. The molecule has 122 valence electrons. The van der Waals surface area contributed by atoms with E-state index in [1.54, 1.807) is 30.3 Å². The number of benzene rings is 2. The minimum Gasteiger partial charge on any atom is -0.372 e. The van der Waals surface area contributed by atoms with Gasteiger partial charge in [-0.1, -0.05) is 41.4 Å². The first-order valence-electron chi connectivity index (χ1n) is 7.33. The molecule has 0 aliphatic carbocycles. The van der Waals surface area contributed by atoms with Crippen LogP contribution in [0.4, 0.5) is 10.1 Å². The largest absolute Gasteiger partial charge is 0.372 e. The first-order chi connectivity index (χ1) is 11.6. The molecule has 2 N–H and O–H groups in total. The second kappa shape index (κ2) is 5.77. The van der Waals surface area contributed by atoms with Gasteiger partial charge in [-0.3, -0.25) is 15.0 Å². The van der Waals surface area contributed by atoms with E-state index < -0.39 is 11.9 Å². The molecule has 24 heavy (non-hydrogen) atoms. The molecule has 2 aromatic rings. The number of fused-ring (bicyclic) bond motifs is 1. The minimum absolute atomic E-state index is 0.0290. The van der Waals surface area contributed by atoms with Crippen LogP contribution in [0.15, 0.2) is 48.2 Å². The first kappa shape index (κ1) is 15.4. The van der Waals surface area contributed by atoms with E-state index in [9.17, 15) is 9.18 Å². The lowest BCUT2D eigenvalue weighted by Crippen LogP contribution is -2.38. The maximum atomic E-state index is 14.5. The molecule has 4 rings (SSSR count). The zero-order valence-electron chi connectivity index (χ0n) is 12.3. The molecule has 0 aromatic heterocycles. The highest BCUT2D eigenvalue weighted by atomic mass is 35.5. The van der Waals surface area contributed by atoms with Gasteiger partial charge in [0.25, 0.3) is 5.91 Å². The fourth-order valence-electron chi connectivity index (χ4n) is 3.04. The van der Waals surface area contributed by atoms with Crippen LogP contribution in [-0.4, -0.2) is 18.6 Å². The molecule has 2 aliphatic heterocycles. The lowest BCUT2D eigenvalue weighted by Gasteiger charge is -2.23. The van der Waals surface area contributed by atoms with E-state index in [1.807, 2.05) is 0 Å². The number of carbonyl (C=O) groups excluding carboxylic acids is 1. The molecule has 4 nitrogen and oxygen atoms in total. The normalized spacial score (nSPS) is 19.7. The molecule has 2 heterocycles. The predicted octanol–water partition coefficient (Wildman–Crippen LogP) is 3.37. The van der Waals surface area contributed by atoms with Gasteiger partial charge in [0, 0.05) is 10.6 Å². The van der Waals surface area contributed by atoms with Crippen molar-refractivity contribution in [2.24, 2.45) is 0 Å². The van der Waals surface area contributed by atoms with Gasteiger partial charge < -0.3 is 5.32 Å². The van der Waals surface area contributed by atoms with Gasteiger partial charge in [-0.2, -0.15) is 0 Å². The van der Waals surface area contributed by atoms with Gasteiger partial charge in [0.15, 0.2) is 5.82 Å². The van der Waals surface area contributed by atoms with Crippen LogP contribution in [0.3, 0.4) is 0 Å². The number of hydrogen-bond donors (Lipinski definition) is 2. The molecule has 0 saturated carbocycles. The van der Waals surface area contributed by atoms with Crippen molar-refractivity contribution in [3.63, 3.8) is 0 Å². The van der Waals surface area contributed by atoms with Crippen LogP contribution in [0.2, 0.25) is 10.0 Å². The Morgan fingerprint density at radius 1 is 1.12 bits per heavy atom. The number of carbonyl (C=O) groups is 1. The Balaban J connectivity index is 1.91. The van der Waals surface area contributed by atoms with Crippen LogP contribution in [0.1, 0.15) is 5.56 Å². The Kier molecular flexibility index (Phi) is 3.72. The van der Waals surface area contributed by atoms with E-state index in [-0.39, 0.29) is 16.6 Å². The number of anilines is 1. The Labute approximate surface area is 147 Å². The fourth-order valence-corrected chi connectivity index (χ4v) is 3.34. The van der Waals surface area contributed by atoms with Crippen molar-refractivity contribution in [1.82, 2.24) is 10.6 Å². The molecular formula is C17H12Cl2FN3O. The summed E-state index contributed by atoms with van der Waals surface area (Å²) in [4.78, 5) is 14.2. The van der Waals surface area contributed by atoms with Crippen molar-refractivity contribution in [3.05, 3.63) is 69.6 Å². The summed E-state index contributed by atoms with van der Waals surface area (Å²) in [5.74, 6) is -0.874. The highest BCUT2D eigenvalue weighted by Gasteiger charge is 2.44. The summed E-state index contributed by atoms with van der Waals surface area (Å²) >= 11 is 11.9. The highest BCUT2D eigenvalue weighted by Crippen LogP contribution is 2.39. The maximum absolute atomic E-state index is 14.5. The van der Waals surface area contributed by atoms with Crippen LogP contribution in [0.25, 0.3) is 5.70 Å². The summed E-state index contributed by atoms with van der Waals surface area (Å²) in [6.45, 7) is 0.481. The Bertz CT molecular complexity index is 867. The first-order valence-corrected chi connectivity index (χ1v) is 8.09. The summed E-state index contributed by atoms with van der Waals surface area (Å²) in [5.41, 5.74) is 2.22. The van der Waals surface area contributed by atoms with Gasteiger partial charge >= 0.3 is 0 Å². The number of rotatable bonds is 2. The molecule has 7 heteroatoms. The van der Waals surface area contributed by atoms with Crippen LogP contribution >= 0.6 is 23.2 Å². The molecule has 0 bridgehead atoms. The summed E-state index contributed by atoms with van der Waals surface area (Å²) in [6.07, 6.45) is 0. The second-order valence-electron chi connectivity index (χ2n) is 5.51. The SMILES string of the molecule is O=C1C2NCNC2=C(c2ccc(Cl)cc2)N1c1cccc(Cl)c1F. The molecular weight excluding hydrogens is 352 g/mol. The summed E-state index contributed by atoms with van der Waals surface area (Å²) in [5, 5.41) is 6.79. The van der Waals surface area contributed by atoms with E-state index in [4.69, 9.17) is 23.2 Å². The molecule has 1 fully saturated rings. The Morgan fingerprint density at radius 3 is 2.62 bits per heavy atom. The summed E-state index contributed by atoms with van der Waals surface area (Å²) in [7, 11) is 0. The van der Waals surface area contributed by atoms with E-state index in [0.29, 0.717) is 17.4 Å². The molecule has 1 saturated heterocycles. The molecule has 0 spiro atoms. The van der Waals surface area contributed by atoms with E-state index >= 15 is 0 Å². The van der Waals surface area contributed by atoms with Crippen LogP contribution in [0, 0.1) is 5.82 Å². The van der Waals surface area contributed by atoms with Crippen LogP contribution in [-0.2, 0) is 4.79 Å². The van der Waals surface area contributed by atoms with Gasteiger partial charge in [0.05, 0.1) is 28.8 Å². The summed E-state index contributed by atoms with van der Waals surface area (Å²) in [6, 6.07) is 11.2. The van der Waals surface area contributed by atoms with Crippen LogP contribution in [0.5, 0.6) is 0 Å². The van der Waals surface area contributed by atoms with Gasteiger partial charge in [-0.15, -0.1) is 0 Å². The van der Waals surface area contributed by atoms with Crippen LogP contribution < -0.4 is 15.5 Å². The monoisotopic (exact) mass is 363 g/mol. The number of hydrogen-bond acceptors (Lipinski definition) is 3. The van der Waals surface area contributed by atoms with Gasteiger partial charge in [-0.05, 0) is 24.3 Å². The lowest BCUT2D eigenvalue weighted by atomic mass is 10.1. The lowest BCUT2D eigenvalue weighted by molar-refractivity contribution is -0.118. The van der Waals surface area contributed by atoms with Crippen molar-refractivity contribution < 1.29 is 9.18 Å². The average Bonchev–Trinajstić information content (AvgIpc) is 3.14. The number of nitrogens with one attached hydrogen (secondary N) is 2. The fraction of sp³-hybridized carbons (Fsp3) is 0.118. The number of halogens is 3. The van der Waals surface area contributed by atoms with Crippen molar-refractivity contribution in [3.8, 4) is 0 Å². The highest BCUT2D eigenvalue weighted by molar-refractivity contribution is 6.31. The maximum Gasteiger partial charge on any atom is 0.255 e. The van der Waals surface area contributed by atoms with Crippen molar-refractivity contribution >= 4 is 40.5 Å². The third-order valence-electron chi connectivity index (χ3n) is 4.11. The van der Waals surface area contributed by atoms with E-state index in [0.717, 1.165) is 11.3 Å². The topological polar surface area (TPSA) is 44.4 Å². The van der Waals surface area contributed by atoms with Crippen molar-refractivity contribution in [2.45, 2.75) is 6.04 Å². The van der Waals surface area contributed by atoms with E-state index in [2.05, 4.69) is 10.6 Å². The second-order valence-corrected chi connectivity index (χ2v) is 6.35. The predicted molar refractivity (Wildman–Crippen MR) is 92.2 cm³/mol. The van der Waals surface area contributed by atoms with Gasteiger partial charge in [-0.25, -0.2) is 4.39 Å². The van der Waals surface area contributed by atoms with E-state index in [1.165, 1.54) is 17.0 Å². The molecule has 1 unspecified atom stereocenters. The average molecular weight is 364 g/mol. The van der Waals surface area contributed by atoms with Gasteiger partial charge in [0.1, 0.15) is 6.04 Å². The molecule has 2 aliphatic rings. The molecule has 0 radical (unpaired) electrons. The summed E-state index contributed by atoms with van der Waals surface area (Å²) < 4.78 is 14.5. The minimum atomic E-state index is -0.625. The zero-order chi connectivity index (χ0) is 16.8.